The SMILES string of the molecule is C[C@@H](N)Cc1ccc(S(=O)(=O)N(C)C)cc1. The monoisotopic (exact) mass is 242 g/mol. The first kappa shape index (κ1) is 13.2. The summed E-state index contributed by atoms with van der Waals surface area (Å²) in [7, 11) is -0.282. The molecule has 0 saturated carbocycles. The second-order valence-corrected chi connectivity index (χ2v) is 6.26. The number of benzene rings is 1. The third kappa shape index (κ3) is 3.04. The van der Waals surface area contributed by atoms with E-state index < -0.39 is 10.0 Å². The molecule has 1 atom stereocenters. The van der Waals surface area contributed by atoms with Crippen molar-refractivity contribution >= 4 is 10.0 Å². The molecule has 0 aliphatic heterocycles. The topological polar surface area (TPSA) is 63.4 Å². The zero-order valence-electron chi connectivity index (χ0n) is 9.84. The van der Waals surface area contributed by atoms with E-state index in [1.165, 1.54) is 18.4 Å². The Hall–Kier alpha value is -0.910. The largest absolute Gasteiger partial charge is 0.328 e. The molecule has 0 aliphatic rings. The molecule has 0 aliphatic carbocycles. The van der Waals surface area contributed by atoms with Gasteiger partial charge in [-0.05, 0) is 31.0 Å². The highest BCUT2D eigenvalue weighted by atomic mass is 32.2. The Labute approximate surface area is 97.1 Å². The normalized spacial score (nSPS) is 14.1. The number of hydrogen-bond acceptors (Lipinski definition) is 3. The van der Waals surface area contributed by atoms with Crippen LogP contribution in [0.3, 0.4) is 0 Å². The lowest BCUT2D eigenvalue weighted by Gasteiger charge is -2.12. The quantitative estimate of drug-likeness (QED) is 0.850. The first-order valence-electron chi connectivity index (χ1n) is 5.11. The molecule has 1 rings (SSSR count). The molecule has 0 bridgehead atoms. The zero-order chi connectivity index (χ0) is 12.3. The van der Waals surface area contributed by atoms with Crippen molar-refractivity contribution in [2.75, 3.05) is 14.1 Å². The first-order valence-corrected chi connectivity index (χ1v) is 6.55. The average molecular weight is 242 g/mol. The van der Waals surface area contributed by atoms with Gasteiger partial charge in [-0.3, -0.25) is 0 Å². The van der Waals surface area contributed by atoms with Crippen molar-refractivity contribution in [3.63, 3.8) is 0 Å². The van der Waals surface area contributed by atoms with Crippen molar-refractivity contribution in [1.29, 1.82) is 0 Å². The number of hydrogen-bond donors (Lipinski definition) is 1. The molecule has 0 aromatic heterocycles. The van der Waals surface area contributed by atoms with E-state index in [4.69, 9.17) is 5.73 Å². The Morgan fingerprint density at radius 2 is 1.75 bits per heavy atom. The molecule has 1 aromatic carbocycles. The van der Waals surface area contributed by atoms with Crippen LogP contribution in [-0.2, 0) is 16.4 Å². The van der Waals surface area contributed by atoms with E-state index in [0.29, 0.717) is 4.90 Å². The molecular formula is C11H18N2O2S. The number of nitrogens with zero attached hydrogens (tertiary/aromatic N) is 1. The lowest BCUT2D eigenvalue weighted by atomic mass is 10.1. The molecule has 2 N–H and O–H groups in total. The summed E-state index contributed by atoms with van der Waals surface area (Å²) in [6.45, 7) is 1.92. The van der Waals surface area contributed by atoms with E-state index in [9.17, 15) is 8.42 Å². The van der Waals surface area contributed by atoms with Crippen molar-refractivity contribution in [2.24, 2.45) is 5.73 Å². The number of rotatable bonds is 4. The molecule has 5 heteroatoms. The summed E-state index contributed by atoms with van der Waals surface area (Å²) in [4.78, 5) is 0.311. The van der Waals surface area contributed by atoms with Gasteiger partial charge in [-0.2, -0.15) is 0 Å². The van der Waals surface area contributed by atoms with Gasteiger partial charge >= 0.3 is 0 Å². The molecule has 0 unspecified atom stereocenters. The second-order valence-electron chi connectivity index (χ2n) is 4.11. The summed E-state index contributed by atoms with van der Waals surface area (Å²) in [6, 6.07) is 6.93. The minimum absolute atomic E-state index is 0.0799. The van der Waals surface area contributed by atoms with E-state index in [1.54, 1.807) is 24.3 Å². The van der Waals surface area contributed by atoms with Crippen LogP contribution in [0.5, 0.6) is 0 Å². The molecule has 90 valence electrons. The molecular weight excluding hydrogens is 224 g/mol. The Balaban J connectivity index is 2.96. The van der Waals surface area contributed by atoms with Crippen molar-refractivity contribution in [2.45, 2.75) is 24.3 Å². The minimum Gasteiger partial charge on any atom is -0.328 e. The summed E-state index contributed by atoms with van der Waals surface area (Å²) < 4.78 is 24.7. The summed E-state index contributed by atoms with van der Waals surface area (Å²) in [6.07, 6.45) is 0.752. The van der Waals surface area contributed by atoms with E-state index in [0.717, 1.165) is 12.0 Å². The highest BCUT2D eigenvalue weighted by molar-refractivity contribution is 7.89. The molecule has 1 aromatic rings. The number of nitrogens with two attached hydrogens (primary N) is 1. The highest BCUT2D eigenvalue weighted by Gasteiger charge is 2.16. The van der Waals surface area contributed by atoms with Gasteiger partial charge in [-0.15, -0.1) is 0 Å². The highest BCUT2D eigenvalue weighted by Crippen LogP contribution is 2.14. The van der Waals surface area contributed by atoms with Gasteiger partial charge in [-0.25, -0.2) is 12.7 Å². The van der Waals surface area contributed by atoms with E-state index in [-0.39, 0.29) is 6.04 Å². The van der Waals surface area contributed by atoms with E-state index in [2.05, 4.69) is 0 Å². The lowest BCUT2D eigenvalue weighted by molar-refractivity contribution is 0.520. The molecule has 16 heavy (non-hydrogen) atoms. The van der Waals surface area contributed by atoms with Gasteiger partial charge in [-0.1, -0.05) is 12.1 Å². The van der Waals surface area contributed by atoms with Crippen molar-refractivity contribution in [3.05, 3.63) is 29.8 Å². The van der Waals surface area contributed by atoms with Crippen LogP contribution in [0.2, 0.25) is 0 Å². The maximum absolute atomic E-state index is 11.8. The van der Waals surface area contributed by atoms with Crippen LogP contribution in [0.1, 0.15) is 12.5 Å². The van der Waals surface area contributed by atoms with Gasteiger partial charge in [0.1, 0.15) is 0 Å². The Bertz CT molecular complexity index is 436. The summed E-state index contributed by atoms with van der Waals surface area (Å²) in [5.41, 5.74) is 6.72. The van der Waals surface area contributed by atoms with Crippen molar-refractivity contribution in [1.82, 2.24) is 4.31 Å². The first-order chi connectivity index (χ1) is 7.34. The lowest BCUT2D eigenvalue weighted by Crippen LogP contribution is -2.22. The van der Waals surface area contributed by atoms with Gasteiger partial charge in [0.2, 0.25) is 10.0 Å². The van der Waals surface area contributed by atoms with Gasteiger partial charge < -0.3 is 5.73 Å². The van der Waals surface area contributed by atoms with Gasteiger partial charge in [0.25, 0.3) is 0 Å². The standard InChI is InChI=1S/C11H18N2O2S/c1-9(12)8-10-4-6-11(7-5-10)16(14,15)13(2)3/h4-7,9H,8,12H2,1-3H3/t9-/m1/s1. The maximum Gasteiger partial charge on any atom is 0.242 e. The smallest absolute Gasteiger partial charge is 0.242 e. The fourth-order valence-corrected chi connectivity index (χ4v) is 2.28. The summed E-state index contributed by atoms with van der Waals surface area (Å²) >= 11 is 0. The third-order valence-electron chi connectivity index (χ3n) is 2.26. The van der Waals surface area contributed by atoms with Crippen molar-refractivity contribution < 1.29 is 8.42 Å². The van der Waals surface area contributed by atoms with Gasteiger partial charge in [0, 0.05) is 20.1 Å². The average Bonchev–Trinajstić information content (AvgIpc) is 2.17. The van der Waals surface area contributed by atoms with Crippen LogP contribution < -0.4 is 5.73 Å². The predicted molar refractivity (Wildman–Crippen MR) is 64.7 cm³/mol. The molecule has 4 nitrogen and oxygen atoms in total. The third-order valence-corrected chi connectivity index (χ3v) is 4.09. The fraction of sp³-hybridized carbons (Fsp3) is 0.455. The van der Waals surface area contributed by atoms with Crippen LogP contribution in [0.15, 0.2) is 29.2 Å². The van der Waals surface area contributed by atoms with Crippen LogP contribution in [-0.4, -0.2) is 32.9 Å². The van der Waals surface area contributed by atoms with Crippen LogP contribution in [0.25, 0.3) is 0 Å². The Kier molecular flexibility index (Phi) is 4.07. The molecule has 0 spiro atoms. The fourth-order valence-electron chi connectivity index (χ4n) is 1.38. The maximum atomic E-state index is 11.8. The van der Waals surface area contributed by atoms with Gasteiger partial charge in [0.15, 0.2) is 0 Å². The predicted octanol–water partition coefficient (Wildman–Crippen LogP) is 0.827. The van der Waals surface area contributed by atoms with Crippen LogP contribution in [0, 0.1) is 0 Å². The Morgan fingerprint density at radius 1 is 1.25 bits per heavy atom. The summed E-state index contributed by atoms with van der Waals surface area (Å²) in [5, 5.41) is 0. The molecule has 0 radical (unpaired) electrons. The van der Waals surface area contributed by atoms with Crippen LogP contribution >= 0.6 is 0 Å². The Morgan fingerprint density at radius 3 is 2.12 bits per heavy atom. The van der Waals surface area contributed by atoms with Crippen LogP contribution in [0.4, 0.5) is 0 Å². The zero-order valence-corrected chi connectivity index (χ0v) is 10.7. The second kappa shape index (κ2) is 4.95. The van der Waals surface area contributed by atoms with E-state index >= 15 is 0 Å². The number of sulfonamides is 1. The van der Waals surface area contributed by atoms with Crippen molar-refractivity contribution in [3.8, 4) is 0 Å². The minimum atomic E-state index is -3.32. The molecule has 0 saturated heterocycles. The molecule has 0 amide bonds. The van der Waals surface area contributed by atoms with E-state index in [1.807, 2.05) is 6.92 Å². The molecule has 0 heterocycles. The summed E-state index contributed by atoms with van der Waals surface area (Å²) in [5.74, 6) is 0. The molecule has 0 fully saturated rings. The van der Waals surface area contributed by atoms with Gasteiger partial charge in [0.05, 0.1) is 4.90 Å².